The molecule has 0 saturated heterocycles. The summed E-state index contributed by atoms with van der Waals surface area (Å²) < 4.78 is 10.7. The molecular weight excluding hydrogens is 304 g/mol. The fraction of sp³-hybridized carbons (Fsp3) is 1.00. The Bertz CT molecular complexity index is 131. The maximum absolute atomic E-state index is 5.36. The average Bonchev–Trinajstić information content (AvgIpc) is 2.35. The number of rotatable bonds is 14. The summed E-state index contributed by atoms with van der Waals surface area (Å²) >= 11 is 0. The van der Waals surface area contributed by atoms with Gasteiger partial charge >= 0.3 is 0 Å². The van der Waals surface area contributed by atoms with E-state index in [1.54, 1.807) is 0 Å². The van der Waals surface area contributed by atoms with Gasteiger partial charge in [0, 0.05) is 37.2 Å². The van der Waals surface area contributed by atoms with Crippen molar-refractivity contribution in [1.29, 1.82) is 0 Å². The maximum Gasteiger partial charge on any atom is 0.0524 e. The molecule has 104 valence electrons. The van der Waals surface area contributed by atoms with Gasteiger partial charge in [-0.15, -0.1) is 0 Å². The second kappa shape index (κ2) is 17.4. The molecule has 0 aromatic heterocycles. The van der Waals surface area contributed by atoms with Crippen molar-refractivity contribution in [2.75, 3.05) is 37.2 Å². The Morgan fingerprint density at radius 3 is 1.71 bits per heavy atom. The third-order valence-corrected chi connectivity index (χ3v) is 10.3. The smallest absolute Gasteiger partial charge is 0.0524 e. The van der Waals surface area contributed by atoms with Gasteiger partial charge in [-0.1, -0.05) is 33.7 Å². The molecule has 0 rings (SSSR count). The summed E-state index contributed by atoms with van der Waals surface area (Å²) in [6.45, 7) is 5.92. The molecule has 7 heteroatoms. The molecule has 17 heavy (non-hydrogen) atoms. The third-order valence-electron chi connectivity index (χ3n) is 2.04. The molecule has 0 bridgehead atoms. The largest absolute Gasteiger partial charge is 0.386 e. The van der Waals surface area contributed by atoms with Gasteiger partial charge in [0.05, 0.1) is 19.0 Å². The normalized spacial score (nSPS) is 12.4. The highest BCUT2D eigenvalue weighted by Crippen LogP contribution is 2.35. The van der Waals surface area contributed by atoms with E-state index in [0.717, 1.165) is 25.7 Å². The predicted octanol–water partition coefficient (Wildman–Crippen LogP) is 2.18. The lowest BCUT2D eigenvalue weighted by molar-refractivity contribution is 0.193. The van der Waals surface area contributed by atoms with Crippen molar-refractivity contribution in [3.63, 3.8) is 0 Å². The van der Waals surface area contributed by atoms with Crippen LogP contribution in [0.5, 0.6) is 0 Å². The molecular formula is C10H26O2S3Si2. The van der Waals surface area contributed by atoms with Crippen molar-refractivity contribution < 1.29 is 9.47 Å². The topological polar surface area (TPSA) is 18.5 Å². The molecule has 0 amide bonds. The number of hydrogen-bond acceptors (Lipinski definition) is 5. The van der Waals surface area contributed by atoms with Gasteiger partial charge in [0.15, 0.2) is 0 Å². The Labute approximate surface area is 123 Å². The summed E-state index contributed by atoms with van der Waals surface area (Å²) in [6, 6.07) is 2.83. The highest BCUT2D eigenvalue weighted by atomic mass is 33.5. The fourth-order valence-corrected chi connectivity index (χ4v) is 9.87. The van der Waals surface area contributed by atoms with Gasteiger partial charge in [-0.3, -0.25) is 0 Å². The van der Waals surface area contributed by atoms with Gasteiger partial charge in [-0.2, -0.15) is 0 Å². The van der Waals surface area contributed by atoms with Crippen LogP contribution in [0.2, 0.25) is 12.1 Å². The lowest BCUT2D eigenvalue weighted by atomic mass is 10.9. The van der Waals surface area contributed by atoms with Crippen LogP contribution in [0.1, 0.15) is 13.8 Å². The molecule has 0 aromatic rings. The standard InChI is InChI=1S/C10H26O2S3Si2/c1-3-11-9-16-7-5-13-15-14-6-8-17-10-12-4-2/h3-10,16-17H2,1-2H3. The van der Waals surface area contributed by atoms with Gasteiger partial charge in [0.2, 0.25) is 0 Å². The van der Waals surface area contributed by atoms with Gasteiger partial charge in [0.1, 0.15) is 0 Å². The monoisotopic (exact) mass is 330 g/mol. The number of ether oxygens (including phenoxy) is 2. The van der Waals surface area contributed by atoms with Crippen LogP contribution in [0, 0.1) is 0 Å². The lowest BCUT2D eigenvalue weighted by Crippen LogP contribution is -2.03. The van der Waals surface area contributed by atoms with E-state index in [4.69, 9.17) is 9.47 Å². The van der Waals surface area contributed by atoms with Crippen molar-refractivity contribution in [2.24, 2.45) is 0 Å². The van der Waals surface area contributed by atoms with E-state index in [2.05, 4.69) is 13.8 Å². The second-order valence-electron chi connectivity index (χ2n) is 3.52. The highest BCUT2D eigenvalue weighted by Gasteiger charge is 1.95. The van der Waals surface area contributed by atoms with Gasteiger partial charge < -0.3 is 9.47 Å². The molecule has 0 aliphatic rings. The van der Waals surface area contributed by atoms with Crippen LogP contribution in [0.15, 0.2) is 0 Å². The summed E-state index contributed by atoms with van der Waals surface area (Å²) in [4.78, 5) is 0. The second-order valence-corrected chi connectivity index (χ2v) is 11.6. The highest BCUT2D eigenvalue weighted by molar-refractivity contribution is 9.09. The minimum Gasteiger partial charge on any atom is -0.386 e. The van der Waals surface area contributed by atoms with Crippen molar-refractivity contribution in [3.8, 4) is 0 Å². The van der Waals surface area contributed by atoms with Crippen LogP contribution in [0.4, 0.5) is 0 Å². The summed E-state index contributed by atoms with van der Waals surface area (Å²) in [5.41, 5.74) is 0. The zero-order valence-electron chi connectivity index (χ0n) is 11.1. The Morgan fingerprint density at radius 2 is 1.29 bits per heavy atom. The van der Waals surface area contributed by atoms with E-state index in [0.29, 0.717) is 0 Å². The average molecular weight is 331 g/mol. The quantitative estimate of drug-likeness (QED) is 0.275. The molecule has 0 aliphatic heterocycles. The lowest BCUT2D eigenvalue weighted by Gasteiger charge is -2.02. The van der Waals surface area contributed by atoms with Crippen LogP contribution in [-0.2, 0) is 9.47 Å². The van der Waals surface area contributed by atoms with Crippen LogP contribution in [-0.4, -0.2) is 56.2 Å². The Kier molecular flexibility index (Phi) is 18.8. The molecule has 0 aromatic carbocycles. The van der Waals surface area contributed by atoms with Gasteiger partial charge in [-0.05, 0) is 23.7 Å². The first-order chi connectivity index (χ1) is 8.41. The summed E-state index contributed by atoms with van der Waals surface area (Å²) in [7, 11) is 6.16. The van der Waals surface area contributed by atoms with Crippen LogP contribution < -0.4 is 0 Å². The molecule has 0 spiro atoms. The molecule has 0 atom stereocenters. The Balaban J connectivity index is 2.85. The van der Waals surface area contributed by atoms with E-state index < -0.39 is 0 Å². The van der Waals surface area contributed by atoms with E-state index in [-0.39, 0.29) is 19.0 Å². The van der Waals surface area contributed by atoms with E-state index in [1.165, 1.54) is 23.6 Å². The minimum absolute atomic E-state index is 0.0714. The van der Waals surface area contributed by atoms with Gasteiger partial charge in [0.25, 0.3) is 0 Å². The Hall–Kier alpha value is 1.40. The van der Waals surface area contributed by atoms with Crippen molar-refractivity contribution in [3.05, 3.63) is 0 Å². The van der Waals surface area contributed by atoms with E-state index in [9.17, 15) is 0 Å². The fourth-order valence-electron chi connectivity index (χ4n) is 1.12. The van der Waals surface area contributed by atoms with Crippen LogP contribution in [0.3, 0.4) is 0 Å². The van der Waals surface area contributed by atoms with Crippen molar-refractivity contribution in [1.82, 2.24) is 0 Å². The molecule has 0 saturated carbocycles. The molecule has 2 nitrogen and oxygen atoms in total. The minimum atomic E-state index is 0.0714. The van der Waals surface area contributed by atoms with Crippen molar-refractivity contribution >= 4 is 50.5 Å². The zero-order valence-corrected chi connectivity index (χ0v) is 16.4. The summed E-state index contributed by atoms with van der Waals surface area (Å²) in [6.07, 6.45) is 2.13. The molecule has 0 fully saturated rings. The first kappa shape index (κ1) is 18.4. The molecule has 0 unspecified atom stereocenters. The summed E-state index contributed by atoms with van der Waals surface area (Å²) in [5, 5.41) is 0. The third kappa shape index (κ3) is 17.4. The first-order valence-corrected chi connectivity index (χ1v) is 14.3. The predicted molar refractivity (Wildman–Crippen MR) is 92.2 cm³/mol. The number of hydrogen-bond donors (Lipinski definition) is 0. The SMILES string of the molecule is CCOC[SiH2]CCSSSCC[SiH2]COCC. The molecule has 0 heterocycles. The molecule has 0 radical (unpaired) electrons. The van der Waals surface area contributed by atoms with Crippen LogP contribution >= 0.6 is 31.4 Å². The van der Waals surface area contributed by atoms with E-state index >= 15 is 0 Å². The molecule has 0 aliphatic carbocycles. The Morgan fingerprint density at radius 1 is 0.824 bits per heavy atom. The van der Waals surface area contributed by atoms with Crippen molar-refractivity contribution in [2.45, 2.75) is 25.9 Å². The summed E-state index contributed by atoms with van der Waals surface area (Å²) in [5.74, 6) is 2.63. The zero-order chi connectivity index (χ0) is 12.6. The molecule has 0 N–H and O–H groups in total. The first-order valence-electron chi connectivity index (χ1n) is 6.48. The van der Waals surface area contributed by atoms with Crippen LogP contribution in [0.25, 0.3) is 0 Å². The maximum atomic E-state index is 5.36. The van der Waals surface area contributed by atoms with E-state index in [1.807, 2.05) is 31.4 Å². The van der Waals surface area contributed by atoms with Gasteiger partial charge in [-0.25, -0.2) is 0 Å².